The first-order valence-electron chi connectivity index (χ1n) is 5.29. The summed E-state index contributed by atoms with van der Waals surface area (Å²) in [5.41, 5.74) is 5.94. The van der Waals surface area contributed by atoms with Gasteiger partial charge in [0.25, 0.3) is 0 Å². The van der Waals surface area contributed by atoms with Crippen LogP contribution in [0.25, 0.3) is 0 Å². The summed E-state index contributed by atoms with van der Waals surface area (Å²) in [5, 5.41) is 0. The lowest BCUT2D eigenvalue weighted by atomic mass is 10.1. The second-order valence-electron chi connectivity index (χ2n) is 3.76. The molecule has 2 aromatic rings. The lowest BCUT2D eigenvalue weighted by Crippen LogP contribution is -2.05. The Balaban J connectivity index is 2.32. The molecule has 1 aromatic heterocycles. The number of hydrogen-bond donors (Lipinski definition) is 1. The summed E-state index contributed by atoms with van der Waals surface area (Å²) in [6, 6.07) is 6.79. The highest BCUT2D eigenvalue weighted by atomic mass is 19.1. The molecule has 0 aliphatic rings. The van der Waals surface area contributed by atoms with Gasteiger partial charge in [-0.3, -0.25) is 4.79 Å². The van der Waals surface area contributed by atoms with Crippen LogP contribution in [0.3, 0.4) is 0 Å². The average Bonchev–Trinajstić information content (AvgIpc) is 2.80. The molecule has 18 heavy (non-hydrogen) atoms. The molecule has 0 radical (unpaired) electrons. The van der Waals surface area contributed by atoms with Crippen molar-refractivity contribution in [2.24, 2.45) is 0 Å². The standard InChI is InChI=1S/C13H12FNO3/c1-17-7-9-3-5-12(18-9)13(16)10-6-8(14)2-4-11(10)15/h2-6H,7,15H2,1H3. The first kappa shape index (κ1) is 12.3. The molecule has 0 unspecified atom stereocenters. The van der Waals surface area contributed by atoms with Gasteiger partial charge in [-0.15, -0.1) is 0 Å². The van der Waals surface area contributed by atoms with Gasteiger partial charge in [-0.1, -0.05) is 0 Å². The number of benzene rings is 1. The number of hydrogen-bond acceptors (Lipinski definition) is 4. The van der Waals surface area contributed by atoms with Gasteiger partial charge < -0.3 is 14.9 Å². The van der Waals surface area contributed by atoms with Gasteiger partial charge in [-0.25, -0.2) is 4.39 Å². The number of carbonyl (C=O) groups is 1. The number of furan rings is 1. The maximum Gasteiger partial charge on any atom is 0.230 e. The summed E-state index contributed by atoms with van der Waals surface area (Å²) in [5.74, 6) is -0.333. The van der Waals surface area contributed by atoms with Crippen molar-refractivity contribution in [2.75, 3.05) is 12.8 Å². The number of carbonyl (C=O) groups excluding carboxylic acids is 1. The van der Waals surface area contributed by atoms with Crippen LogP contribution in [0.5, 0.6) is 0 Å². The second-order valence-corrected chi connectivity index (χ2v) is 3.76. The Morgan fingerprint density at radius 2 is 2.17 bits per heavy atom. The Bertz CT molecular complexity index is 577. The third-order valence-electron chi connectivity index (χ3n) is 2.43. The van der Waals surface area contributed by atoms with Gasteiger partial charge in [0, 0.05) is 12.8 Å². The normalized spacial score (nSPS) is 10.6. The van der Waals surface area contributed by atoms with Crippen molar-refractivity contribution in [3.05, 3.63) is 53.2 Å². The molecule has 0 saturated carbocycles. The van der Waals surface area contributed by atoms with E-state index in [1.54, 1.807) is 6.07 Å². The lowest BCUT2D eigenvalue weighted by molar-refractivity contribution is 0.100. The van der Waals surface area contributed by atoms with Crippen molar-refractivity contribution in [1.29, 1.82) is 0 Å². The molecular formula is C13H12FNO3. The van der Waals surface area contributed by atoms with Crippen LogP contribution in [0.1, 0.15) is 21.9 Å². The first-order chi connectivity index (χ1) is 8.61. The Morgan fingerprint density at radius 1 is 1.39 bits per heavy atom. The summed E-state index contributed by atoms with van der Waals surface area (Å²) in [6.07, 6.45) is 0. The third-order valence-corrected chi connectivity index (χ3v) is 2.43. The molecule has 0 saturated heterocycles. The van der Waals surface area contributed by atoms with Crippen LogP contribution in [-0.4, -0.2) is 12.9 Å². The van der Waals surface area contributed by atoms with Gasteiger partial charge in [0.2, 0.25) is 5.78 Å². The third kappa shape index (κ3) is 2.41. The number of rotatable bonds is 4. The number of anilines is 1. The van der Waals surface area contributed by atoms with E-state index in [0.29, 0.717) is 5.76 Å². The Kier molecular flexibility index (Phi) is 3.43. The van der Waals surface area contributed by atoms with Gasteiger partial charge in [-0.2, -0.15) is 0 Å². The minimum Gasteiger partial charge on any atom is -0.455 e. The van der Waals surface area contributed by atoms with Gasteiger partial charge in [-0.05, 0) is 30.3 Å². The maximum atomic E-state index is 13.1. The van der Waals surface area contributed by atoms with Crippen molar-refractivity contribution >= 4 is 11.5 Å². The highest BCUT2D eigenvalue weighted by molar-refractivity contribution is 6.10. The minimum absolute atomic E-state index is 0.0910. The predicted molar refractivity (Wildman–Crippen MR) is 63.7 cm³/mol. The van der Waals surface area contributed by atoms with Crippen molar-refractivity contribution in [2.45, 2.75) is 6.61 Å². The molecule has 5 heteroatoms. The fourth-order valence-electron chi connectivity index (χ4n) is 1.58. The van der Waals surface area contributed by atoms with E-state index in [1.165, 1.54) is 25.3 Å². The second kappa shape index (κ2) is 5.01. The zero-order valence-electron chi connectivity index (χ0n) is 9.77. The molecule has 4 nitrogen and oxygen atoms in total. The summed E-state index contributed by atoms with van der Waals surface area (Å²) in [4.78, 5) is 12.1. The molecule has 94 valence electrons. The Hall–Kier alpha value is -2.14. The Morgan fingerprint density at radius 3 is 2.89 bits per heavy atom. The smallest absolute Gasteiger partial charge is 0.230 e. The van der Waals surface area contributed by atoms with E-state index < -0.39 is 11.6 Å². The van der Waals surface area contributed by atoms with Crippen LogP contribution in [0.2, 0.25) is 0 Å². The van der Waals surface area contributed by atoms with E-state index in [4.69, 9.17) is 14.9 Å². The van der Waals surface area contributed by atoms with Crippen molar-refractivity contribution in [3.8, 4) is 0 Å². The molecule has 1 aromatic carbocycles. The number of halogens is 1. The molecule has 0 bridgehead atoms. The first-order valence-corrected chi connectivity index (χ1v) is 5.29. The monoisotopic (exact) mass is 249 g/mol. The van der Waals surface area contributed by atoms with Gasteiger partial charge in [0.1, 0.15) is 18.2 Å². The average molecular weight is 249 g/mol. The van der Waals surface area contributed by atoms with E-state index in [2.05, 4.69) is 0 Å². The van der Waals surface area contributed by atoms with Crippen LogP contribution >= 0.6 is 0 Å². The van der Waals surface area contributed by atoms with Gasteiger partial charge in [0.05, 0.1) is 5.56 Å². The molecule has 1 heterocycles. The fourth-order valence-corrected chi connectivity index (χ4v) is 1.58. The summed E-state index contributed by atoms with van der Waals surface area (Å²) >= 11 is 0. The summed E-state index contributed by atoms with van der Waals surface area (Å²) in [6.45, 7) is 0.270. The van der Waals surface area contributed by atoms with E-state index in [1.807, 2.05) is 0 Å². The number of ether oxygens (including phenoxy) is 1. The number of nitrogens with two attached hydrogens (primary N) is 1. The number of methoxy groups -OCH3 is 1. The van der Waals surface area contributed by atoms with Gasteiger partial charge in [0.15, 0.2) is 5.76 Å². The molecule has 0 atom stereocenters. The maximum absolute atomic E-state index is 13.1. The molecule has 2 N–H and O–H groups in total. The van der Waals surface area contributed by atoms with Crippen LogP contribution in [0.15, 0.2) is 34.7 Å². The zero-order valence-corrected chi connectivity index (χ0v) is 9.77. The molecular weight excluding hydrogens is 237 g/mol. The van der Waals surface area contributed by atoms with Crippen molar-refractivity contribution in [1.82, 2.24) is 0 Å². The number of nitrogen functional groups attached to an aromatic ring is 1. The van der Waals surface area contributed by atoms with Gasteiger partial charge >= 0.3 is 0 Å². The summed E-state index contributed by atoms with van der Waals surface area (Å²) in [7, 11) is 1.52. The number of ketones is 1. The molecule has 0 spiro atoms. The van der Waals surface area contributed by atoms with Crippen molar-refractivity contribution < 1.29 is 18.3 Å². The molecule has 0 aliphatic carbocycles. The lowest BCUT2D eigenvalue weighted by Gasteiger charge is -2.02. The predicted octanol–water partition coefficient (Wildman–Crippen LogP) is 2.38. The van der Waals surface area contributed by atoms with Crippen LogP contribution in [-0.2, 0) is 11.3 Å². The zero-order chi connectivity index (χ0) is 13.1. The topological polar surface area (TPSA) is 65.5 Å². The van der Waals surface area contributed by atoms with E-state index >= 15 is 0 Å². The molecule has 0 fully saturated rings. The van der Waals surface area contributed by atoms with E-state index in [0.717, 1.165) is 6.07 Å². The van der Waals surface area contributed by atoms with E-state index in [9.17, 15) is 9.18 Å². The molecule has 0 aliphatic heterocycles. The quantitative estimate of drug-likeness (QED) is 0.667. The highest BCUT2D eigenvalue weighted by Gasteiger charge is 2.17. The minimum atomic E-state index is -0.517. The van der Waals surface area contributed by atoms with Crippen molar-refractivity contribution in [3.63, 3.8) is 0 Å². The van der Waals surface area contributed by atoms with Crippen LogP contribution in [0.4, 0.5) is 10.1 Å². The molecule has 2 rings (SSSR count). The largest absolute Gasteiger partial charge is 0.455 e. The van der Waals surface area contributed by atoms with Crippen LogP contribution in [0, 0.1) is 5.82 Å². The SMILES string of the molecule is COCc1ccc(C(=O)c2cc(F)ccc2N)o1. The highest BCUT2D eigenvalue weighted by Crippen LogP contribution is 2.19. The van der Waals surface area contributed by atoms with E-state index in [-0.39, 0.29) is 23.6 Å². The fraction of sp³-hybridized carbons (Fsp3) is 0.154. The Labute approximate surface area is 103 Å². The molecule has 0 amide bonds. The van der Waals surface area contributed by atoms with Crippen LogP contribution < -0.4 is 5.73 Å². The summed E-state index contributed by atoms with van der Waals surface area (Å²) < 4.78 is 23.3.